The fourth-order valence-electron chi connectivity index (χ4n) is 4.12. The molecular weight excluding hydrogens is 364 g/mol. The van der Waals surface area contributed by atoms with E-state index in [0.717, 1.165) is 35.2 Å². The Hall–Kier alpha value is -3.18. The largest absolute Gasteiger partial charge is 0.465 e. The number of rotatable bonds is 4. The van der Waals surface area contributed by atoms with Crippen LogP contribution in [0.15, 0.2) is 71.5 Å². The monoisotopic (exact) mass is 388 g/mol. The lowest BCUT2D eigenvalue weighted by Crippen LogP contribution is -2.45. The van der Waals surface area contributed by atoms with Crippen LogP contribution in [0.2, 0.25) is 0 Å². The second-order valence-corrected chi connectivity index (χ2v) is 7.45. The van der Waals surface area contributed by atoms with E-state index >= 15 is 0 Å². The van der Waals surface area contributed by atoms with Crippen molar-refractivity contribution in [1.82, 2.24) is 4.57 Å². The van der Waals surface area contributed by atoms with E-state index in [2.05, 4.69) is 30.3 Å². The maximum absolute atomic E-state index is 13.1. The Bertz CT molecular complexity index is 1090. The van der Waals surface area contributed by atoms with E-state index in [-0.39, 0.29) is 23.2 Å². The molecule has 3 aromatic rings. The minimum Gasteiger partial charge on any atom is -0.465 e. The van der Waals surface area contributed by atoms with Crippen molar-refractivity contribution in [2.24, 2.45) is 5.73 Å². The van der Waals surface area contributed by atoms with Gasteiger partial charge in [0.05, 0.1) is 13.2 Å². The predicted molar refractivity (Wildman–Crippen MR) is 113 cm³/mol. The summed E-state index contributed by atoms with van der Waals surface area (Å²) in [6.07, 6.45) is 2.15. The molecule has 2 unspecified atom stereocenters. The Morgan fingerprint density at radius 3 is 2.59 bits per heavy atom. The number of methoxy groups -OCH3 is 1. The fraction of sp³-hybridized carbons (Fsp3) is 0.250. The fourth-order valence-corrected chi connectivity index (χ4v) is 4.12. The van der Waals surface area contributed by atoms with Gasteiger partial charge in [0, 0.05) is 11.7 Å². The minimum atomic E-state index is -0.616. The van der Waals surface area contributed by atoms with Gasteiger partial charge >= 0.3 is 5.97 Å². The van der Waals surface area contributed by atoms with E-state index in [0.29, 0.717) is 6.42 Å². The first-order valence-electron chi connectivity index (χ1n) is 9.81. The zero-order chi connectivity index (χ0) is 20.4. The average molecular weight is 388 g/mol. The molecule has 0 bridgehead atoms. The zero-order valence-electron chi connectivity index (χ0n) is 16.4. The number of nitrogens with zero attached hydrogens (tertiary/aromatic N) is 1. The lowest BCUT2D eigenvalue weighted by molar-refractivity contribution is 0.0597. The van der Waals surface area contributed by atoms with E-state index in [9.17, 15) is 9.59 Å². The molecule has 29 heavy (non-hydrogen) atoms. The van der Waals surface area contributed by atoms with Gasteiger partial charge in [0.2, 0.25) is 0 Å². The van der Waals surface area contributed by atoms with Crippen LogP contribution in [0.5, 0.6) is 0 Å². The van der Waals surface area contributed by atoms with E-state index in [4.69, 9.17) is 10.5 Å². The number of nitrogens with two attached hydrogens (primary N) is 1. The Morgan fingerprint density at radius 2 is 1.83 bits per heavy atom. The first-order chi connectivity index (χ1) is 14.1. The van der Waals surface area contributed by atoms with Crippen molar-refractivity contribution < 1.29 is 9.53 Å². The van der Waals surface area contributed by atoms with Crippen molar-refractivity contribution in [1.29, 1.82) is 0 Å². The van der Waals surface area contributed by atoms with Crippen molar-refractivity contribution in [2.75, 3.05) is 7.11 Å². The van der Waals surface area contributed by atoms with Crippen LogP contribution in [0.25, 0.3) is 11.1 Å². The molecule has 0 saturated carbocycles. The van der Waals surface area contributed by atoms with E-state index < -0.39 is 5.97 Å². The highest BCUT2D eigenvalue weighted by Gasteiger charge is 2.29. The van der Waals surface area contributed by atoms with Crippen molar-refractivity contribution >= 4 is 5.97 Å². The van der Waals surface area contributed by atoms with Crippen molar-refractivity contribution in [3.8, 4) is 11.1 Å². The Labute approximate surface area is 169 Å². The predicted octanol–water partition coefficient (Wildman–Crippen LogP) is 3.36. The van der Waals surface area contributed by atoms with Crippen LogP contribution in [0.4, 0.5) is 0 Å². The highest BCUT2D eigenvalue weighted by Crippen LogP contribution is 2.28. The van der Waals surface area contributed by atoms with Gasteiger partial charge in [-0.05, 0) is 48.1 Å². The third-order valence-electron chi connectivity index (χ3n) is 5.64. The first kappa shape index (κ1) is 19.2. The molecule has 0 amide bonds. The van der Waals surface area contributed by atoms with Crippen molar-refractivity contribution in [3.63, 3.8) is 0 Å². The second-order valence-electron chi connectivity index (χ2n) is 7.45. The standard InChI is InChI=1S/C24H24N2O3/c1-29-24(28)20-12-10-19-11-13-21(25)22(26(19)23(20)27)15-16-6-5-9-18(14-16)17-7-3-2-4-8-17/h2-10,12,14,21-22H,11,13,15,25H2,1H3. The molecule has 2 aromatic carbocycles. The number of hydrogen-bond donors (Lipinski definition) is 1. The van der Waals surface area contributed by atoms with Crippen molar-refractivity contribution in [2.45, 2.75) is 31.3 Å². The third-order valence-corrected chi connectivity index (χ3v) is 5.64. The molecule has 0 saturated heterocycles. The minimum absolute atomic E-state index is 0.0494. The summed E-state index contributed by atoms with van der Waals surface area (Å²) in [4.78, 5) is 25.1. The van der Waals surface area contributed by atoms with Gasteiger partial charge in [-0.15, -0.1) is 0 Å². The molecule has 5 heteroatoms. The number of esters is 1. The summed E-state index contributed by atoms with van der Waals surface area (Å²) in [6.45, 7) is 0. The maximum atomic E-state index is 13.1. The van der Waals surface area contributed by atoms with Gasteiger partial charge < -0.3 is 15.0 Å². The van der Waals surface area contributed by atoms with Gasteiger partial charge in [0.15, 0.2) is 0 Å². The molecule has 1 aliphatic heterocycles. The molecule has 4 rings (SSSR count). The number of hydrogen-bond acceptors (Lipinski definition) is 4. The summed E-state index contributed by atoms with van der Waals surface area (Å²) in [5.74, 6) is -0.616. The van der Waals surface area contributed by atoms with Crippen LogP contribution >= 0.6 is 0 Å². The number of aromatic nitrogens is 1. The molecule has 0 fully saturated rings. The molecule has 148 valence electrons. The lowest BCUT2D eigenvalue weighted by Gasteiger charge is -2.33. The van der Waals surface area contributed by atoms with Crippen molar-refractivity contribution in [3.05, 3.63) is 93.9 Å². The number of benzene rings is 2. The third kappa shape index (κ3) is 3.74. The van der Waals surface area contributed by atoms with Crippen LogP contribution in [-0.4, -0.2) is 23.7 Å². The molecule has 0 radical (unpaired) electrons. The van der Waals surface area contributed by atoms with E-state index in [1.165, 1.54) is 7.11 Å². The number of carbonyl (C=O) groups is 1. The zero-order valence-corrected chi connectivity index (χ0v) is 16.4. The summed E-state index contributed by atoms with van der Waals surface area (Å²) >= 11 is 0. The molecule has 1 aliphatic rings. The molecule has 5 nitrogen and oxygen atoms in total. The topological polar surface area (TPSA) is 74.3 Å². The normalized spacial score (nSPS) is 18.1. The molecule has 2 heterocycles. The van der Waals surface area contributed by atoms with Gasteiger partial charge in [-0.3, -0.25) is 4.79 Å². The number of ether oxygens (including phenoxy) is 1. The Balaban J connectivity index is 1.72. The summed E-state index contributed by atoms with van der Waals surface area (Å²) in [5.41, 5.74) is 10.5. The van der Waals surface area contributed by atoms with E-state index in [1.807, 2.05) is 30.3 Å². The van der Waals surface area contributed by atoms with Crippen LogP contribution in [0, 0.1) is 0 Å². The summed E-state index contributed by atoms with van der Waals surface area (Å²) < 4.78 is 6.47. The van der Waals surface area contributed by atoms with E-state index in [1.54, 1.807) is 10.6 Å². The van der Waals surface area contributed by atoms with Crippen LogP contribution < -0.4 is 11.3 Å². The maximum Gasteiger partial charge on any atom is 0.343 e. The van der Waals surface area contributed by atoms with Gasteiger partial charge in [-0.25, -0.2) is 4.79 Å². The summed E-state index contributed by atoms with van der Waals surface area (Å²) in [5, 5.41) is 0. The summed E-state index contributed by atoms with van der Waals surface area (Å²) in [6, 6.07) is 21.5. The lowest BCUT2D eigenvalue weighted by atomic mass is 9.90. The van der Waals surface area contributed by atoms with Gasteiger partial charge in [0.25, 0.3) is 5.56 Å². The SMILES string of the molecule is COC(=O)c1ccc2n(c1=O)C(Cc1cccc(-c3ccccc3)c1)C(N)CC2. The molecule has 0 spiro atoms. The van der Waals surface area contributed by atoms with Crippen LogP contribution in [-0.2, 0) is 17.6 Å². The van der Waals surface area contributed by atoms with Gasteiger partial charge in [-0.2, -0.15) is 0 Å². The number of fused-ring (bicyclic) bond motifs is 1. The first-order valence-corrected chi connectivity index (χ1v) is 9.81. The quantitative estimate of drug-likeness (QED) is 0.696. The van der Waals surface area contributed by atoms with Gasteiger partial charge in [-0.1, -0.05) is 54.6 Å². The highest BCUT2D eigenvalue weighted by molar-refractivity contribution is 5.88. The number of pyridine rings is 1. The van der Waals surface area contributed by atoms with Crippen LogP contribution in [0.1, 0.15) is 34.1 Å². The smallest absolute Gasteiger partial charge is 0.343 e. The molecule has 0 aliphatic carbocycles. The molecule has 1 aromatic heterocycles. The Kier molecular flexibility index (Phi) is 5.32. The number of carbonyl (C=O) groups excluding carboxylic acids is 1. The average Bonchev–Trinajstić information content (AvgIpc) is 2.76. The molecular formula is C24H24N2O3. The second kappa shape index (κ2) is 8.05. The number of aryl methyl sites for hydroxylation is 1. The highest BCUT2D eigenvalue weighted by atomic mass is 16.5. The molecule has 2 N–H and O–H groups in total. The van der Waals surface area contributed by atoms with Crippen LogP contribution in [0.3, 0.4) is 0 Å². The Morgan fingerprint density at radius 1 is 1.07 bits per heavy atom. The molecule has 2 atom stereocenters. The van der Waals surface area contributed by atoms with Gasteiger partial charge in [0.1, 0.15) is 5.56 Å². The summed E-state index contributed by atoms with van der Waals surface area (Å²) in [7, 11) is 1.28.